The molecule has 1 rings (SSSR count). The van der Waals surface area contributed by atoms with Crippen LogP contribution in [0.15, 0.2) is 12.1 Å². The third kappa shape index (κ3) is 2.17. The van der Waals surface area contributed by atoms with Crippen LogP contribution in [-0.4, -0.2) is 11.1 Å². The van der Waals surface area contributed by atoms with Crippen molar-refractivity contribution < 1.29 is 14.3 Å². The third-order valence-corrected chi connectivity index (χ3v) is 2.65. The molecule has 0 aliphatic carbocycles. The van der Waals surface area contributed by atoms with Crippen LogP contribution in [0, 0.1) is 19.7 Å². The molecule has 0 saturated carbocycles. The molecule has 0 fully saturated rings. The lowest BCUT2D eigenvalue weighted by atomic mass is 9.90. The fourth-order valence-electron chi connectivity index (χ4n) is 1.73. The standard InChI is InChI=1S/C12H15FO2/c1-4-9(12(14)15)10-7(2)5-6-8(3)11(10)13/h5-6,9H,4H2,1-3H3,(H,14,15). The van der Waals surface area contributed by atoms with Gasteiger partial charge in [-0.2, -0.15) is 0 Å². The van der Waals surface area contributed by atoms with E-state index < -0.39 is 11.9 Å². The highest BCUT2D eigenvalue weighted by molar-refractivity contribution is 5.76. The Morgan fingerprint density at radius 3 is 2.40 bits per heavy atom. The lowest BCUT2D eigenvalue weighted by Gasteiger charge is -2.15. The second-order valence-corrected chi connectivity index (χ2v) is 3.73. The van der Waals surface area contributed by atoms with Gasteiger partial charge in [0.2, 0.25) is 0 Å². The van der Waals surface area contributed by atoms with Crippen LogP contribution in [0.4, 0.5) is 4.39 Å². The summed E-state index contributed by atoms with van der Waals surface area (Å²) in [4.78, 5) is 11.0. The summed E-state index contributed by atoms with van der Waals surface area (Å²) in [5.74, 6) is -2.10. The molecule has 1 N–H and O–H groups in total. The number of benzene rings is 1. The van der Waals surface area contributed by atoms with Gasteiger partial charge in [0.1, 0.15) is 5.82 Å². The van der Waals surface area contributed by atoms with Crippen molar-refractivity contribution in [1.82, 2.24) is 0 Å². The van der Waals surface area contributed by atoms with E-state index in [-0.39, 0.29) is 5.82 Å². The van der Waals surface area contributed by atoms with Crippen molar-refractivity contribution >= 4 is 5.97 Å². The van der Waals surface area contributed by atoms with Gasteiger partial charge < -0.3 is 5.11 Å². The quantitative estimate of drug-likeness (QED) is 0.832. The topological polar surface area (TPSA) is 37.3 Å². The highest BCUT2D eigenvalue weighted by Gasteiger charge is 2.23. The first-order valence-corrected chi connectivity index (χ1v) is 4.97. The molecule has 1 unspecified atom stereocenters. The maximum absolute atomic E-state index is 13.8. The van der Waals surface area contributed by atoms with Gasteiger partial charge in [-0.25, -0.2) is 4.39 Å². The minimum atomic E-state index is -0.967. The molecule has 0 spiro atoms. The molecule has 0 amide bonds. The number of carboxylic acid groups (broad SMARTS) is 1. The van der Waals surface area contributed by atoms with Gasteiger partial charge in [0.05, 0.1) is 5.92 Å². The predicted octanol–water partition coefficient (Wildman–Crippen LogP) is 3.02. The van der Waals surface area contributed by atoms with Crippen LogP contribution in [-0.2, 0) is 4.79 Å². The van der Waals surface area contributed by atoms with E-state index in [4.69, 9.17) is 5.11 Å². The van der Waals surface area contributed by atoms with Crippen molar-refractivity contribution in [2.75, 3.05) is 0 Å². The van der Waals surface area contributed by atoms with E-state index in [0.29, 0.717) is 23.1 Å². The normalized spacial score (nSPS) is 12.5. The number of hydrogen-bond acceptors (Lipinski definition) is 1. The lowest BCUT2D eigenvalue weighted by molar-refractivity contribution is -0.138. The average molecular weight is 210 g/mol. The Hall–Kier alpha value is -1.38. The Bertz CT molecular complexity index is 385. The fourth-order valence-corrected chi connectivity index (χ4v) is 1.73. The molecule has 0 heterocycles. The molecule has 1 aromatic carbocycles. The lowest BCUT2D eigenvalue weighted by Crippen LogP contribution is -2.14. The molecule has 1 atom stereocenters. The van der Waals surface area contributed by atoms with Gasteiger partial charge in [-0.15, -0.1) is 0 Å². The van der Waals surface area contributed by atoms with Crippen molar-refractivity contribution in [2.24, 2.45) is 0 Å². The Morgan fingerprint density at radius 2 is 1.93 bits per heavy atom. The van der Waals surface area contributed by atoms with E-state index in [1.54, 1.807) is 32.9 Å². The van der Waals surface area contributed by atoms with Gasteiger partial charge >= 0.3 is 5.97 Å². The summed E-state index contributed by atoms with van der Waals surface area (Å²) in [6.07, 6.45) is 0.399. The number of aliphatic carboxylic acids is 1. The number of halogens is 1. The summed E-state index contributed by atoms with van der Waals surface area (Å²) in [6, 6.07) is 3.43. The van der Waals surface area contributed by atoms with Crippen LogP contribution in [0.3, 0.4) is 0 Å². The van der Waals surface area contributed by atoms with Crippen molar-refractivity contribution in [1.29, 1.82) is 0 Å². The van der Waals surface area contributed by atoms with Crippen molar-refractivity contribution in [3.8, 4) is 0 Å². The summed E-state index contributed by atoms with van der Waals surface area (Å²) in [7, 11) is 0. The second-order valence-electron chi connectivity index (χ2n) is 3.73. The molecule has 0 aliphatic heterocycles. The van der Waals surface area contributed by atoms with E-state index in [9.17, 15) is 9.18 Å². The van der Waals surface area contributed by atoms with Gasteiger partial charge in [0.25, 0.3) is 0 Å². The zero-order valence-electron chi connectivity index (χ0n) is 9.17. The zero-order valence-corrected chi connectivity index (χ0v) is 9.17. The molecule has 0 aromatic heterocycles. The molecule has 0 radical (unpaired) electrons. The first-order chi connectivity index (χ1) is 6.99. The van der Waals surface area contributed by atoms with Crippen LogP contribution in [0.25, 0.3) is 0 Å². The Kier molecular flexibility index (Phi) is 3.45. The molecule has 0 saturated heterocycles. The largest absolute Gasteiger partial charge is 0.481 e. The van der Waals surface area contributed by atoms with E-state index >= 15 is 0 Å². The zero-order chi connectivity index (χ0) is 11.6. The Balaban J connectivity index is 3.34. The number of carbonyl (C=O) groups is 1. The first kappa shape index (κ1) is 11.7. The van der Waals surface area contributed by atoms with Gasteiger partial charge in [0.15, 0.2) is 0 Å². The van der Waals surface area contributed by atoms with Gasteiger partial charge in [-0.1, -0.05) is 19.1 Å². The summed E-state index contributed by atoms with van der Waals surface area (Å²) >= 11 is 0. The molecule has 2 nitrogen and oxygen atoms in total. The molecule has 0 bridgehead atoms. The number of hydrogen-bond donors (Lipinski definition) is 1. The summed E-state index contributed by atoms with van der Waals surface area (Å²) < 4.78 is 13.8. The smallest absolute Gasteiger partial charge is 0.311 e. The molecule has 0 aliphatic rings. The monoisotopic (exact) mass is 210 g/mol. The molecule has 1 aromatic rings. The molecule has 82 valence electrons. The highest BCUT2D eigenvalue weighted by atomic mass is 19.1. The van der Waals surface area contributed by atoms with Crippen LogP contribution in [0.5, 0.6) is 0 Å². The van der Waals surface area contributed by atoms with Crippen LogP contribution < -0.4 is 0 Å². The van der Waals surface area contributed by atoms with E-state index in [0.717, 1.165) is 0 Å². The summed E-state index contributed by atoms with van der Waals surface area (Å²) in [6.45, 7) is 5.14. The minimum Gasteiger partial charge on any atom is -0.481 e. The van der Waals surface area contributed by atoms with E-state index in [1.807, 2.05) is 0 Å². The number of aryl methyl sites for hydroxylation is 2. The number of rotatable bonds is 3. The second kappa shape index (κ2) is 4.43. The van der Waals surface area contributed by atoms with Crippen LogP contribution in [0.2, 0.25) is 0 Å². The molecule has 15 heavy (non-hydrogen) atoms. The minimum absolute atomic E-state index is 0.324. The van der Waals surface area contributed by atoms with Crippen molar-refractivity contribution in [3.63, 3.8) is 0 Å². The van der Waals surface area contributed by atoms with Crippen LogP contribution in [0.1, 0.15) is 36.0 Å². The van der Waals surface area contributed by atoms with Gasteiger partial charge in [0, 0.05) is 5.56 Å². The van der Waals surface area contributed by atoms with E-state index in [2.05, 4.69) is 0 Å². The Morgan fingerprint density at radius 1 is 1.40 bits per heavy atom. The SMILES string of the molecule is CCC(C(=O)O)c1c(C)ccc(C)c1F. The third-order valence-electron chi connectivity index (χ3n) is 2.65. The maximum Gasteiger partial charge on any atom is 0.311 e. The van der Waals surface area contributed by atoms with Crippen molar-refractivity contribution in [2.45, 2.75) is 33.1 Å². The number of carboxylic acids is 1. The van der Waals surface area contributed by atoms with Gasteiger partial charge in [-0.3, -0.25) is 4.79 Å². The fraction of sp³-hybridized carbons (Fsp3) is 0.417. The molecule has 3 heteroatoms. The van der Waals surface area contributed by atoms with E-state index in [1.165, 1.54) is 0 Å². The van der Waals surface area contributed by atoms with Crippen LogP contribution >= 0.6 is 0 Å². The first-order valence-electron chi connectivity index (χ1n) is 4.97. The maximum atomic E-state index is 13.8. The highest BCUT2D eigenvalue weighted by Crippen LogP contribution is 2.27. The Labute approximate surface area is 88.7 Å². The predicted molar refractivity (Wildman–Crippen MR) is 56.5 cm³/mol. The van der Waals surface area contributed by atoms with Crippen molar-refractivity contribution in [3.05, 3.63) is 34.6 Å². The average Bonchev–Trinajstić information content (AvgIpc) is 2.18. The summed E-state index contributed by atoms with van der Waals surface area (Å²) in [5, 5.41) is 9.00. The van der Waals surface area contributed by atoms with Gasteiger partial charge in [-0.05, 0) is 31.4 Å². The molecular formula is C12H15FO2. The molecular weight excluding hydrogens is 195 g/mol. The summed E-state index contributed by atoms with van der Waals surface area (Å²) in [5.41, 5.74) is 1.52.